The van der Waals surface area contributed by atoms with Crippen LogP contribution in [0.25, 0.3) is 11.2 Å². The maximum atomic E-state index is 13.5. The summed E-state index contributed by atoms with van der Waals surface area (Å²) in [4.78, 5) is 39.7. The number of hydrogen-bond acceptors (Lipinski definition) is 11. The van der Waals surface area contributed by atoms with E-state index in [1.807, 2.05) is 91.0 Å². The van der Waals surface area contributed by atoms with Crippen LogP contribution in [0.3, 0.4) is 0 Å². The Labute approximate surface area is 339 Å². The minimum absolute atomic E-state index is 0.164. The van der Waals surface area contributed by atoms with Gasteiger partial charge in [0.05, 0.1) is 27.2 Å². The summed E-state index contributed by atoms with van der Waals surface area (Å²) in [6.45, 7) is -0.177. The molecule has 59 heavy (non-hydrogen) atoms. The quantitative estimate of drug-likeness (QED) is 0.103. The third kappa shape index (κ3) is 7.92. The molecular weight excluding hydrogens is 753 g/mol. The number of benzene rings is 5. The Kier molecular flexibility index (Phi) is 11.3. The van der Waals surface area contributed by atoms with Crippen LogP contribution >= 0.6 is 0 Å². The number of ether oxygens (including phenoxy) is 5. The van der Waals surface area contributed by atoms with Gasteiger partial charge in [-0.25, -0.2) is 19.7 Å². The summed E-state index contributed by atoms with van der Waals surface area (Å²) >= 11 is 0. The molecule has 0 aliphatic carbocycles. The first kappa shape index (κ1) is 38.7. The van der Waals surface area contributed by atoms with E-state index in [4.69, 9.17) is 23.7 Å². The zero-order chi connectivity index (χ0) is 40.8. The molecule has 1 saturated heterocycles. The monoisotopic (exact) mass is 792 g/mol. The lowest BCUT2D eigenvalue weighted by Gasteiger charge is -2.37. The molecule has 0 radical (unpaired) electrons. The molecule has 4 atom stereocenters. The Hall–Kier alpha value is -7.13. The van der Waals surface area contributed by atoms with Crippen molar-refractivity contribution in [1.29, 1.82) is 0 Å². The number of methoxy groups -OCH3 is 2. The van der Waals surface area contributed by atoms with Gasteiger partial charge in [0.2, 0.25) is 0 Å². The Balaban J connectivity index is 1.16. The summed E-state index contributed by atoms with van der Waals surface area (Å²) in [5.74, 6) is 1.10. The van der Waals surface area contributed by atoms with Gasteiger partial charge < -0.3 is 34.1 Å². The second kappa shape index (κ2) is 17.2. The number of aromatic nitrogens is 4. The van der Waals surface area contributed by atoms with E-state index in [2.05, 4.69) is 25.6 Å². The normalized spacial score (nSPS) is 17.6. The number of nitrogens with zero attached hydrogens (tertiary/aromatic N) is 4. The number of carbonyl (C=O) groups excluding carboxylic acids is 2. The maximum Gasteiger partial charge on any atom is 0.412 e. The number of para-hydroxylation sites is 1. The van der Waals surface area contributed by atoms with Crippen molar-refractivity contribution in [3.63, 3.8) is 0 Å². The molecule has 0 unspecified atom stereocenters. The lowest BCUT2D eigenvalue weighted by molar-refractivity contribution is -0.0944. The summed E-state index contributed by atoms with van der Waals surface area (Å²) in [6, 6.07) is 42.3. The van der Waals surface area contributed by atoms with E-state index in [0.717, 1.165) is 16.7 Å². The van der Waals surface area contributed by atoms with E-state index in [1.54, 1.807) is 62.8 Å². The minimum atomic E-state index is -1.44. The molecule has 8 rings (SSSR count). The Morgan fingerprint density at radius 2 is 1.31 bits per heavy atom. The van der Waals surface area contributed by atoms with Gasteiger partial charge in [-0.15, -0.1) is 0 Å². The van der Waals surface area contributed by atoms with Gasteiger partial charge in [0.1, 0.15) is 35.6 Å². The fraction of sp³-hybridized carbons (Fsp3) is 0.178. The predicted octanol–water partition coefficient (Wildman–Crippen LogP) is 6.98. The third-order valence-electron chi connectivity index (χ3n) is 10.1. The van der Waals surface area contributed by atoms with Crippen LogP contribution < -0.4 is 20.1 Å². The van der Waals surface area contributed by atoms with Crippen molar-refractivity contribution in [2.75, 3.05) is 31.5 Å². The first-order valence-corrected chi connectivity index (χ1v) is 18.8. The van der Waals surface area contributed by atoms with E-state index in [9.17, 15) is 14.7 Å². The zero-order valence-corrected chi connectivity index (χ0v) is 32.0. The third-order valence-corrected chi connectivity index (χ3v) is 10.1. The van der Waals surface area contributed by atoms with Crippen molar-refractivity contribution < 1.29 is 38.4 Å². The lowest BCUT2D eigenvalue weighted by Crippen LogP contribution is -2.42. The highest BCUT2D eigenvalue weighted by molar-refractivity contribution is 6.06. The molecule has 3 N–H and O–H groups in total. The predicted molar refractivity (Wildman–Crippen MR) is 218 cm³/mol. The van der Waals surface area contributed by atoms with Crippen molar-refractivity contribution in [2.24, 2.45) is 0 Å². The lowest BCUT2D eigenvalue weighted by atomic mass is 9.80. The second-order valence-corrected chi connectivity index (χ2v) is 13.6. The van der Waals surface area contributed by atoms with Crippen LogP contribution in [0.2, 0.25) is 0 Å². The summed E-state index contributed by atoms with van der Waals surface area (Å²) < 4.78 is 32.2. The van der Waals surface area contributed by atoms with E-state index in [0.29, 0.717) is 22.7 Å². The summed E-state index contributed by atoms with van der Waals surface area (Å²) in [7, 11) is 3.20. The van der Waals surface area contributed by atoms with Gasteiger partial charge in [0.25, 0.3) is 5.91 Å². The molecule has 3 heterocycles. The van der Waals surface area contributed by atoms with E-state index >= 15 is 0 Å². The maximum absolute atomic E-state index is 13.5. The number of nitrogens with one attached hydrogen (secondary N) is 2. The van der Waals surface area contributed by atoms with E-state index in [-0.39, 0.29) is 29.5 Å². The van der Waals surface area contributed by atoms with Gasteiger partial charge in [0.15, 0.2) is 29.3 Å². The van der Waals surface area contributed by atoms with Crippen molar-refractivity contribution in [3.8, 4) is 11.5 Å². The number of rotatable bonds is 13. The van der Waals surface area contributed by atoms with Crippen LogP contribution in [0.15, 0.2) is 152 Å². The van der Waals surface area contributed by atoms with Crippen LogP contribution in [0.1, 0.15) is 33.3 Å². The van der Waals surface area contributed by atoms with Crippen LogP contribution in [-0.2, 0) is 19.8 Å². The smallest absolute Gasteiger partial charge is 0.412 e. The number of aliphatic hydroxyl groups is 1. The highest BCUT2D eigenvalue weighted by atomic mass is 16.6. The first-order valence-electron chi connectivity index (χ1n) is 18.8. The molecule has 1 aliphatic heterocycles. The fourth-order valence-electron chi connectivity index (χ4n) is 7.20. The molecular formula is C45H40N6O8. The number of anilines is 2. The molecule has 14 heteroatoms. The molecule has 7 aromatic rings. The van der Waals surface area contributed by atoms with Crippen LogP contribution in [0, 0.1) is 0 Å². The number of imidazole rings is 1. The van der Waals surface area contributed by atoms with Gasteiger partial charge in [-0.3, -0.25) is 14.7 Å². The highest BCUT2D eigenvalue weighted by Crippen LogP contribution is 2.43. The molecule has 2 aromatic heterocycles. The van der Waals surface area contributed by atoms with Gasteiger partial charge in [-0.05, 0) is 65.2 Å². The highest BCUT2D eigenvalue weighted by Gasteiger charge is 2.50. The SMILES string of the molecule is COc1ccc(C(OC[C@H]2O[C@@H](n3cnc4c(NC(=O)c5ccccc5)ncnc43)[C@H](O)[C@@H]2OC(=O)Nc2ccccc2)(c2ccccc2)c2ccc(OC)cc2)cc1. The van der Waals surface area contributed by atoms with Crippen molar-refractivity contribution in [1.82, 2.24) is 19.5 Å². The van der Waals surface area contributed by atoms with Crippen LogP contribution in [0.4, 0.5) is 16.3 Å². The average molecular weight is 793 g/mol. The van der Waals surface area contributed by atoms with Crippen LogP contribution in [-0.4, -0.2) is 75.8 Å². The molecule has 0 saturated carbocycles. The van der Waals surface area contributed by atoms with Gasteiger partial charge in [-0.2, -0.15) is 0 Å². The molecule has 0 bridgehead atoms. The van der Waals surface area contributed by atoms with Gasteiger partial charge >= 0.3 is 6.09 Å². The molecule has 1 fully saturated rings. The second-order valence-electron chi connectivity index (χ2n) is 13.6. The van der Waals surface area contributed by atoms with Gasteiger partial charge in [0, 0.05) is 11.3 Å². The van der Waals surface area contributed by atoms with E-state index in [1.165, 1.54) is 17.2 Å². The number of carbonyl (C=O) groups is 2. The van der Waals surface area contributed by atoms with E-state index < -0.39 is 36.2 Å². The zero-order valence-electron chi connectivity index (χ0n) is 32.0. The van der Waals surface area contributed by atoms with Crippen molar-refractivity contribution >= 4 is 34.7 Å². The molecule has 1 aliphatic rings. The minimum Gasteiger partial charge on any atom is -0.497 e. The molecule has 0 spiro atoms. The summed E-state index contributed by atoms with van der Waals surface area (Å²) in [5, 5.41) is 17.6. The number of fused-ring (bicyclic) bond motifs is 1. The molecule has 14 nitrogen and oxygen atoms in total. The first-order chi connectivity index (χ1) is 28.9. The summed E-state index contributed by atoms with van der Waals surface area (Å²) in [5.41, 5.74) is 2.54. The molecule has 298 valence electrons. The average Bonchev–Trinajstić information content (AvgIpc) is 3.85. The Morgan fingerprint density at radius 3 is 1.92 bits per heavy atom. The number of hydrogen-bond donors (Lipinski definition) is 3. The summed E-state index contributed by atoms with van der Waals surface area (Å²) in [6.07, 6.45) is -2.98. The fourth-order valence-corrected chi connectivity index (χ4v) is 7.20. The largest absolute Gasteiger partial charge is 0.497 e. The standard InChI is InChI=1S/C45H40N6O8/c1-55-34-22-18-31(19-23-34)45(30-14-8-4-9-15-30,32-20-24-35(56-2)25-21-32)57-26-36-39(59-44(54)49-33-16-10-5-11-17-33)38(52)43(58-36)51-28-48-37-40(46-27-47-41(37)51)50-42(53)29-12-6-3-7-13-29/h3-25,27-28,36,38-39,43,52H,26H2,1-2H3,(H,49,54)(H,46,47,50,53)/t36-,38-,39-,43-/m1/s1. The Bertz CT molecular complexity index is 2460. The molecule has 2 amide bonds. The van der Waals surface area contributed by atoms with Crippen LogP contribution in [0.5, 0.6) is 11.5 Å². The number of aliphatic hydroxyl groups excluding tert-OH is 1. The molecule has 5 aromatic carbocycles. The Morgan fingerprint density at radius 1 is 0.729 bits per heavy atom. The topological polar surface area (TPSA) is 168 Å². The number of amides is 2. The van der Waals surface area contributed by atoms with Crippen molar-refractivity contribution in [3.05, 3.63) is 174 Å². The van der Waals surface area contributed by atoms with Crippen molar-refractivity contribution in [2.45, 2.75) is 30.1 Å². The van der Waals surface area contributed by atoms with Gasteiger partial charge in [-0.1, -0.05) is 91.0 Å².